The van der Waals surface area contributed by atoms with Crippen molar-refractivity contribution in [3.05, 3.63) is 0 Å². The Labute approximate surface area is 122 Å². The van der Waals surface area contributed by atoms with Gasteiger partial charge in [-0.1, -0.05) is 0 Å². The summed E-state index contributed by atoms with van der Waals surface area (Å²) in [6, 6.07) is 0. The smallest absolute Gasteiger partial charge is 0.313 e. The number of ether oxygens (including phenoxy) is 1. The van der Waals surface area contributed by atoms with Gasteiger partial charge in [0.1, 0.15) is 6.61 Å². The quantitative estimate of drug-likeness (QED) is 0.522. The number of rotatable bonds is 7. The largest absolute Gasteiger partial charge is 0.464 e. The molecule has 7 nitrogen and oxygen atoms in total. The van der Waals surface area contributed by atoms with Crippen molar-refractivity contribution in [2.45, 2.75) is 13.8 Å². The maximum atomic E-state index is 11.9. The van der Waals surface area contributed by atoms with Crippen LogP contribution in [0.1, 0.15) is 13.8 Å². The van der Waals surface area contributed by atoms with E-state index in [2.05, 4.69) is 21.0 Å². The topological polar surface area (TPSA) is 79.3 Å². The van der Waals surface area contributed by atoms with Gasteiger partial charge in [0.05, 0.1) is 12.0 Å². The third kappa shape index (κ3) is 6.27. The van der Waals surface area contributed by atoms with E-state index in [0.717, 1.165) is 26.2 Å². The lowest BCUT2D eigenvalue weighted by atomic mass is 9.95. The van der Waals surface area contributed by atoms with Gasteiger partial charge in [-0.3, -0.25) is 18.4 Å². The molecular formula is C12H24N2O5S. The average molecular weight is 308 g/mol. The number of carbonyl (C=O) groups excluding carboxylic acids is 1. The third-order valence-corrected chi connectivity index (χ3v) is 3.63. The van der Waals surface area contributed by atoms with E-state index in [1.807, 2.05) is 0 Å². The molecule has 0 amide bonds. The Kier molecular flexibility index (Phi) is 7.04. The maximum Gasteiger partial charge on any atom is 0.313 e. The second kappa shape index (κ2) is 8.04. The fraction of sp³-hybridized carbons (Fsp3) is 0.917. The monoisotopic (exact) mass is 308 g/mol. The first-order valence-electron chi connectivity index (χ1n) is 6.63. The Balaban J connectivity index is 2.23. The van der Waals surface area contributed by atoms with Gasteiger partial charge in [0.25, 0.3) is 0 Å². The van der Waals surface area contributed by atoms with Gasteiger partial charge in [-0.15, -0.1) is 0 Å². The van der Waals surface area contributed by atoms with Gasteiger partial charge in [-0.2, -0.15) is 4.21 Å². The molecule has 1 aliphatic rings. The first kappa shape index (κ1) is 17.5. The minimum absolute atomic E-state index is 0.149. The number of esters is 1. The molecule has 1 saturated heterocycles. The summed E-state index contributed by atoms with van der Waals surface area (Å²) in [7, 11) is 2.09. The summed E-state index contributed by atoms with van der Waals surface area (Å²) in [5.41, 5.74) is -0.930. The van der Waals surface area contributed by atoms with Crippen molar-refractivity contribution >= 4 is 17.3 Å². The minimum Gasteiger partial charge on any atom is -0.464 e. The first-order valence-corrected chi connectivity index (χ1v) is 7.67. The number of carbonyl (C=O) groups is 1. The lowest BCUT2D eigenvalue weighted by molar-refractivity contribution is -0.156. The molecule has 0 bridgehead atoms. The second-order valence-electron chi connectivity index (χ2n) is 5.64. The highest BCUT2D eigenvalue weighted by molar-refractivity contribution is 7.74. The summed E-state index contributed by atoms with van der Waals surface area (Å²) >= 11 is -2.36. The Hall–Kier alpha value is -0.540. The van der Waals surface area contributed by atoms with Crippen molar-refractivity contribution in [2.75, 3.05) is 53.0 Å². The Bertz CT molecular complexity index is 343. The number of hydrogen-bond donors (Lipinski definition) is 1. The summed E-state index contributed by atoms with van der Waals surface area (Å²) in [5.74, 6) is -0.419. The van der Waals surface area contributed by atoms with Gasteiger partial charge in [0, 0.05) is 32.7 Å². The van der Waals surface area contributed by atoms with E-state index in [-0.39, 0.29) is 6.61 Å². The van der Waals surface area contributed by atoms with Gasteiger partial charge in [0.2, 0.25) is 0 Å². The van der Waals surface area contributed by atoms with Crippen LogP contribution in [-0.2, 0) is 25.1 Å². The van der Waals surface area contributed by atoms with Crippen molar-refractivity contribution in [3.63, 3.8) is 0 Å². The molecule has 1 heterocycles. The summed E-state index contributed by atoms with van der Waals surface area (Å²) in [6.45, 7) is 8.13. The van der Waals surface area contributed by atoms with Crippen LogP contribution in [0.25, 0.3) is 0 Å². The molecule has 1 atom stereocenters. The zero-order valence-corrected chi connectivity index (χ0v) is 13.1. The van der Waals surface area contributed by atoms with Crippen molar-refractivity contribution < 1.29 is 22.5 Å². The van der Waals surface area contributed by atoms with Crippen LogP contribution in [-0.4, -0.2) is 77.5 Å². The molecule has 1 unspecified atom stereocenters. The van der Waals surface area contributed by atoms with Crippen LogP contribution in [0.4, 0.5) is 0 Å². The molecule has 0 saturated carbocycles. The molecule has 20 heavy (non-hydrogen) atoms. The van der Waals surface area contributed by atoms with Gasteiger partial charge in [-0.05, 0) is 20.9 Å². The molecule has 118 valence electrons. The Morgan fingerprint density at radius 3 is 2.45 bits per heavy atom. The first-order chi connectivity index (χ1) is 9.31. The molecule has 1 rings (SSSR count). The zero-order valence-electron chi connectivity index (χ0n) is 12.3. The highest BCUT2D eigenvalue weighted by Gasteiger charge is 2.31. The van der Waals surface area contributed by atoms with Gasteiger partial charge < -0.3 is 9.64 Å². The molecule has 8 heteroatoms. The zero-order chi connectivity index (χ0) is 15.2. The predicted molar refractivity (Wildman–Crippen MR) is 75.4 cm³/mol. The van der Waals surface area contributed by atoms with Crippen molar-refractivity contribution in [1.29, 1.82) is 0 Å². The SMILES string of the molecule is CN1CCN(CCOC(=O)C(C)(C)COS(=O)O)CC1. The maximum absolute atomic E-state index is 11.9. The fourth-order valence-electron chi connectivity index (χ4n) is 1.79. The molecule has 0 aliphatic carbocycles. The standard InChI is InChI=1S/C12H24N2O5S/c1-12(2,10-19-20(16)17)11(15)18-9-8-14-6-4-13(3)5-7-14/h4-10H2,1-3H3,(H,16,17). The van der Waals surface area contributed by atoms with Crippen LogP contribution < -0.4 is 0 Å². The Morgan fingerprint density at radius 2 is 1.90 bits per heavy atom. The third-order valence-electron chi connectivity index (χ3n) is 3.31. The normalized spacial score (nSPS) is 19.8. The molecule has 0 aromatic heterocycles. The fourth-order valence-corrected chi connectivity index (χ4v) is 2.19. The van der Waals surface area contributed by atoms with Gasteiger partial charge >= 0.3 is 17.3 Å². The van der Waals surface area contributed by atoms with Crippen molar-refractivity contribution in [1.82, 2.24) is 9.80 Å². The van der Waals surface area contributed by atoms with E-state index in [4.69, 9.17) is 9.29 Å². The molecule has 1 N–H and O–H groups in total. The Morgan fingerprint density at radius 1 is 1.30 bits per heavy atom. The van der Waals surface area contributed by atoms with Crippen LogP contribution >= 0.6 is 0 Å². The van der Waals surface area contributed by atoms with E-state index in [1.165, 1.54) is 0 Å². The lowest BCUT2D eigenvalue weighted by Crippen LogP contribution is -2.45. The molecule has 0 aromatic rings. The molecule has 1 aliphatic heterocycles. The number of piperazine rings is 1. The summed E-state index contributed by atoms with van der Waals surface area (Å²) in [5, 5.41) is 0. The highest BCUT2D eigenvalue weighted by atomic mass is 32.2. The van der Waals surface area contributed by atoms with Crippen LogP contribution in [0.5, 0.6) is 0 Å². The number of hydrogen-bond acceptors (Lipinski definition) is 6. The van der Waals surface area contributed by atoms with E-state index in [9.17, 15) is 9.00 Å². The molecule has 0 spiro atoms. The summed E-state index contributed by atoms with van der Waals surface area (Å²) < 4.78 is 28.8. The predicted octanol–water partition coefficient (Wildman–Crippen LogP) is -0.0435. The van der Waals surface area contributed by atoms with E-state index < -0.39 is 22.7 Å². The number of likely N-dealkylation sites (N-methyl/N-ethyl adjacent to an activating group) is 1. The molecule has 0 radical (unpaired) electrons. The van der Waals surface area contributed by atoms with Gasteiger partial charge in [0.15, 0.2) is 0 Å². The summed E-state index contributed by atoms with van der Waals surface area (Å²) in [4.78, 5) is 16.4. The summed E-state index contributed by atoms with van der Waals surface area (Å²) in [6.07, 6.45) is 0. The van der Waals surface area contributed by atoms with Crippen LogP contribution in [0, 0.1) is 5.41 Å². The van der Waals surface area contributed by atoms with Crippen molar-refractivity contribution in [3.8, 4) is 0 Å². The van der Waals surface area contributed by atoms with Crippen LogP contribution in [0.15, 0.2) is 0 Å². The van der Waals surface area contributed by atoms with Crippen molar-refractivity contribution in [2.24, 2.45) is 5.41 Å². The minimum atomic E-state index is -2.36. The van der Waals surface area contributed by atoms with E-state index in [1.54, 1.807) is 13.8 Å². The van der Waals surface area contributed by atoms with Gasteiger partial charge in [-0.25, -0.2) is 0 Å². The van der Waals surface area contributed by atoms with Crippen LogP contribution in [0.2, 0.25) is 0 Å². The molecular weight excluding hydrogens is 284 g/mol. The lowest BCUT2D eigenvalue weighted by Gasteiger charge is -2.32. The van der Waals surface area contributed by atoms with E-state index >= 15 is 0 Å². The number of nitrogens with zero attached hydrogens (tertiary/aromatic N) is 2. The van der Waals surface area contributed by atoms with E-state index in [0.29, 0.717) is 13.2 Å². The highest BCUT2D eigenvalue weighted by Crippen LogP contribution is 2.18. The van der Waals surface area contributed by atoms with Crippen LogP contribution in [0.3, 0.4) is 0 Å². The average Bonchev–Trinajstić information content (AvgIpc) is 2.38. The molecule has 0 aromatic carbocycles. The molecule has 1 fully saturated rings. The second-order valence-corrected chi connectivity index (χ2v) is 6.31.